The van der Waals surface area contributed by atoms with Crippen LogP contribution in [0.4, 0.5) is 0 Å². The fourth-order valence-electron chi connectivity index (χ4n) is 4.86. The van der Waals surface area contributed by atoms with Gasteiger partial charge in [0.2, 0.25) is 11.8 Å². The molecule has 9 nitrogen and oxygen atoms in total. The summed E-state index contributed by atoms with van der Waals surface area (Å²) in [6.07, 6.45) is 2.34. The summed E-state index contributed by atoms with van der Waals surface area (Å²) in [5, 5.41) is 16.0. The van der Waals surface area contributed by atoms with Crippen molar-refractivity contribution in [1.82, 2.24) is 20.4 Å². The van der Waals surface area contributed by atoms with Crippen LogP contribution in [-0.2, 0) is 22.5 Å². The number of ether oxygens (including phenoxy) is 2. The molecule has 1 aromatic heterocycles. The molecule has 9 heteroatoms. The van der Waals surface area contributed by atoms with Crippen LogP contribution in [0.2, 0.25) is 0 Å². The van der Waals surface area contributed by atoms with Gasteiger partial charge in [-0.2, -0.15) is 4.98 Å². The zero-order chi connectivity index (χ0) is 22.4. The van der Waals surface area contributed by atoms with Crippen LogP contribution in [0.15, 0.2) is 28.8 Å². The van der Waals surface area contributed by atoms with E-state index in [4.69, 9.17) is 19.1 Å². The second kappa shape index (κ2) is 10.4. The number of carbonyl (C=O) groups excluding carboxylic acids is 1. The minimum absolute atomic E-state index is 0.00986. The Kier molecular flexibility index (Phi) is 7.39. The zero-order valence-corrected chi connectivity index (χ0v) is 18.6. The van der Waals surface area contributed by atoms with E-state index in [1.807, 2.05) is 18.2 Å². The highest BCUT2D eigenvalue weighted by Gasteiger charge is 2.50. The van der Waals surface area contributed by atoms with E-state index in [0.717, 1.165) is 43.8 Å². The number of carbonyl (C=O) groups is 1. The summed E-state index contributed by atoms with van der Waals surface area (Å²) >= 11 is 0. The van der Waals surface area contributed by atoms with Crippen molar-refractivity contribution in [1.29, 1.82) is 0 Å². The van der Waals surface area contributed by atoms with Gasteiger partial charge in [0, 0.05) is 58.2 Å². The van der Waals surface area contributed by atoms with E-state index >= 15 is 0 Å². The van der Waals surface area contributed by atoms with Gasteiger partial charge < -0.3 is 24.4 Å². The summed E-state index contributed by atoms with van der Waals surface area (Å²) in [6, 6.07) is 7.94. The van der Waals surface area contributed by atoms with E-state index in [9.17, 15) is 4.79 Å². The minimum Gasteiger partial charge on any atom is -0.491 e. The smallest absolute Gasteiger partial charge is 0.225 e. The van der Waals surface area contributed by atoms with E-state index in [1.165, 1.54) is 0 Å². The predicted octanol–water partition coefficient (Wildman–Crippen LogP) is 1.34. The van der Waals surface area contributed by atoms with Gasteiger partial charge >= 0.3 is 0 Å². The van der Waals surface area contributed by atoms with E-state index in [1.54, 1.807) is 6.92 Å². The standard InChI is InChI=1S/C23H32N4O5/c1-17-25-21(26-32-17)5-8-24-22(29)20-15-27(16-23(20)6-10-30-11-7-23)14-18-3-2-4-19(13-18)31-12-9-28/h2-4,13,20,28H,5-12,14-16H2,1H3,(H,24,29)/t20-/m0/s1. The Hall–Kier alpha value is -2.49. The number of hydrogen-bond acceptors (Lipinski definition) is 8. The molecule has 0 bridgehead atoms. The molecule has 4 rings (SSSR count). The highest BCUT2D eigenvalue weighted by atomic mass is 16.5. The predicted molar refractivity (Wildman–Crippen MR) is 116 cm³/mol. The fraction of sp³-hybridized carbons (Fsp3) is 0.609. The third-order valence-electron chi connectivity index (χ3n) is 6.41. The van der Waals surface area contributed by atoms with Crippen LogP contribution in [0.3, 0.4) is 0 Å². The highest BCUT2D eigenvalue weighted by Crippen LogP contribution is 2.44. The van der Waals surface area contributed by atoms with Crippen molar-refractivity contribution in [2.24, 2.45) is 11.3 Å². The van der Waals surface area contributed by atoms with Crippen LogP contribution in [0.25, 0.3) is 0 Å². The molecule has 1 atom stereocenters. The van der Waals surface area contributed by atoms with Gasteiger partial charge in [0.25, 0.3) is 0 Å². The number of aliphatic hydroxyl groups is 1. The van der Waals surface area contributed by atoms with Crippen LogP contribution < -0.4 is 10.1 Å². The van der Waals surface area contributed by atoms with E-state index in [2.05, 4.69) is 26.4 Å². The number of likely N-dealkylation sites (tertiary alicyclic amines) is 1. The quantitative estimate of drug-likeness (QED) is 0.596. The first-order chi connectivity index (χ1) is 15.6. The molecule has 2 N–H and O–H groups in total. The van der Waals surface area contributed by atoms with Crippen molar-refractivity contribution < 1.29 is 23.9 Å². The van der Waals surface area contributed by atoms with Crippen molar-refractivity contribution in [3.63, 3.8) is 0 Å². The van der Waals surface area contributed by atoms with Crippen molar-refractivity contribution in [2.45, 2.75) is 32.7 Å². The number of rotatable bonds is 9. The molecular weight excluding hydrogens is 412 g/mol. The van der Waals surface area contributed by atoms with Crippen molar-refractivity contribution in [3.8, 4) is 5.75 Å². The molecule has 0 saturated carbocycles. The number of aromatic nitrogens is 2. The first kappa shape index (κ1) is 22.7. The van der Waals surface area contributed by atoms with Crippen molar-refractivity contribution in [3.05, 3.63) is 41.5 Å². The Morgan fingerprint density at radius 2 is 2.22 bits per heavy atom. The highest BCUT2D eigenvalue weighted by molar-refractivity contribution is 5.80. The number of nitrogens with one attached hydrogen (secondary N) is 1. The molecular formula is C23H32N4O5. The lowest BCUT2D eigenvalue weighted by atomic mass is 9.71. The molecule has 3 heterocycles. The minimum atomic E-state index is -0.0766. The lowest BCUT2D eigenvalue weighted by Crippen LogP contribution is -2.44. The third-order valence-corrected chi connectivity index (χ3v) is 6.41. The summed E-state index contributed by atoms with van der Waals surface area (Å²) in [4.78, 5) is 19.8. The molecule has 2 fully saturated rings. The number of nitrogens with zero attached hydrogens (tertiary/aromatic N) is 3. The summed E-state index contributed by atoms with van der Waals surface area (Å²) in [7, 11) is 0. The Morgan fingerprint density at radius 3 is 2.97 bits per heavy atom. The Labute approximate surface area is 188 Å². The second-order valence-corrected chi connectivity index (χ2v) is 8.69. The molecule has 2 aromatic rings. The molecule has 0 aliphatic carbocycles. The molecule has 2 aliphatic rings. The topological polar surface area (TPSA) is 110 Å². The summed E-state index contributed by atoms with van der Waals surface area (Å²) < 4.78 is 16.2. The number of aryl methyl sites for hydroxylation is 1. The Bertz CT molecular complexity index is 896. The number of amides is 1. The van der Waals surface area contributed by atoms with Gasteiger partial charge in [0.1, 0.15) is 12.4 Å². The van der Waals surface area contributed by atoms with E-state index < -0.39 is 0 Å². The van der Waals surface area contributed by atoms with Crippen LogP contribution in [0, 0.1) is 18.3 Å². The molecule has 174 valence electrons. The van der Waals surface area contributed by atoms with Gasteiger partial charge in [0.15, 0.2) is 5.82 Å². The maximum absolute atomic E-state index is 13.2. The molecule has 1 spiro atoms. The molecule has 0 radical (unpaired) electrons. The molecule has 2 saturated heterocycles. The van der Waals surface area contributed by atoms with Gasteiger partial charge in [-0.3, -0.25) is 9.69 Å². The lowest BCUT2D eigenvalue weighted by Gasteiger charge is -2.37. The van der Waals surface area contributed by atoms with E-state index in [-0.39, 0.29) is 30.5 Å². The third kappa shape index (κ3) is 5.46. The summed E-state index contributed by atoms with van der Waals surface area (Å²) in [5.74, 6) is 1.91. The normalized spacial score (nSPS) is 20.5. The first-order valence-corrected chi connectivity index (χ1v) is 11.3. The zero-order valence-electron chi connectivity index (χ0n) is 18.6. The average Bonchev–Trinajstić information content (AvgIpc) is 3.36. The van der Waals surface area contributed by atoms with Crippen molar-refractivity contribution in [2.75, 3.05) is 46.1 Å². The molecule has 0 unspecified atom stereocenters. The second-order valence-electron chi connectivity index (χ2n) is 8.69. The van der Waals surface area contributed by atoms with Gasteiger partial charge in [-0.05, 0) is 30.5 Å². The monoisotopic (exact) mass is 444 g/mol. The van der Waals surface area contributed by atoms with Gasteiger partial charge in [-0.15, -0.1) is 0 Å². The maximum atomic E-state index is 13.2. The largest absolute Gasteiger partial charge is 0.491 e. The SMILES string of the molecule is Cc1nc(CCNC(=O)[C@@H]2CN(Cc3cccc(OCCO)c3)CC23CCOCC3)no1. The maximum Gasteiger partial charge on any atom is 0.225 e. The molecule has 1 amide bonds. The fourth-order valence-corrected chi connectivity index (χ4v) is 4.86. The van der Waals surface area contributed by atoms with Crippen LogP contribution in [0.1, 0.15) is 30.1 Å². The van der Waals surface area contributed by atoms with Crippen LogP contribution in [0.5, 0.6) is 5.75 Å². The first-order valence-electron chi connectivity index (χ1n) is 11.3. The molecule has 1 aromatic carbocycles. The van der Waals surface area contributed by atoms with Crippen molar-refractivity contribution >= 4 is 5.91 Å². The average molecular weight is 445 g/mol. The van der Waals surface area contributed by atoms with E-state index in [0.29, 0.717) is 37.9 Å². The van der Waals surface area contributed by atoms with Gasteiger partial charge in [-0.1, -0.05) is 17.3 Å². The summed E-state index contributed by atoms with van der Waals surface area (Å²) in [6.45, 7) is 6.26. The Balaban J connectivity index is 1.39. The number of hydrogen-bond donors (Lipinski definition) is 2. The Morgan fingerprint density at radius 1 is 1.38 bits per heavy atom. The van der Waals surface area contributed by atoms with Gasteiger partial charge in [-0.25, -0.2) is 0 Å². The molecule has 32 heavy (non-hydrogen) atoms. The van der Waals surface area contributed by atoms with Gasteiger partial charge in [0.05, 0.1) is 12.5 Å². The lowest BCUT2D eigenvalue weighted by molar-refractivity contribution is -0.129. The van der Waals surface area contributed by atoms with Crippen LogP contribution >= 0.6 is 0 Å². The van der Waals surface area contributed by atoms with Crippen LogP contribution in [-0.4, -0.2) is 72.1 Å². The molecule has 2 aliphatic heterocycles. The number of benzene rings is 1. The summed E-state index contributed by atoms with van der Waals surface area (Å²) in [5.41, 5.74) is 1.08. The number of aliphatic hydroxyl groups excluding tert-OH is 1.